The van der Waals surface area contributed by atoms with E-state index in [0.717, 1.165) is 24.3 Å². The topological polar surface area (TPSA) is 71.8 Å². The molecule has 0 spiro atoms. The van der Waals surface area contributed by atoms with Crippen molar-refractivity contribution in [3.05, 3.63) is 57.5 Å². The van der Waals surface area contributed by atoms with Gasteiger partial charge in [-0.05, 0) is 49.2 Å². The van der Waals surface area contributed by atoms with Crippen LogP contribution in [0.1, 0.15) is 21.5 Å². The van der Waals surface area contributed by atoms with E-state index < -0.39 is 11.5 Å². The van der Waals surface area contributed by atoms with Gasteiger partial charge in [-0.1, -0.05) is 0 Å². The van der Waals surface area contributed by atoms with Crippen LogP contribution in [0.4, 0.5) is 5.69 Å². The first-order chi connectivity index (χ1) is 11.5. The molecule has 3 rings (SSSR count). The summed E-state index contributed by atoms with van der Waals surface area (Å²) in [6, 6.07) is 7.50. The molecule has 6 nitrogen and oxygen atoms in total. The van der Waals surface area contributed by atoms with Crippen molar-refractivity contribution in [2.24, 2.45) is 0 Å². The third kappa shape index (κ3) is 2.92. The summed E-state index contributed by atoms with van der Waals surface area (Å²) >= 11 is 0. The summed E-state index contributed by atoms with van der Waals surface area (Å²) in [6.07, 6.45) is 1.63. The zero-order chi connectivity index (χ0) is 17.3. The molecule has 0 amide bonds. The van der Waals surface area contributed by atoms with Gasteiger partial charge in [0.05, 0.1) is 18.9 Å². The van der Waals surface area contributed by atoms with Gasteiger partial charge in [0.15, 0.2) is 0 Å². The molecule has 24 heavy (non-hydrogen) atoms. The molecule has 1 fully saturated rings. The molecule has 0 saturated carbocycles. The summed E-state index contributed by atoms with van der Waals surface area (Å²) < 4.78 is 6.76. The van der Waals surface area contributed by atoms with Crippen LogP contribution in [-0.2, 0) is 4.74 Å². The lowest BCUT2D eigenvalue weighted by molar-refractivity contribution is 0.0693. The zero-order valence-electron chi connectivity index (χ0n) is 13.8. The van der Waals surface area contributed by atoms with E-state index >= 15 is 0 Å². The number of hydrogen-bond acceptors (Lipinski definition) is 4. The Morgan fingerprint density at radius 3 is 2.46 bits per heavy atom. The first-order valence-corrected chi connectivity index (χ1v) is 7.88. The van der Waals surface area contributed by atoms with Gasteiger partial charge < -0.3 is 14.7 Å². The van der Waals surface area contributed by atoms with Crippen molar-refractivity contribution >= 4 is 11.7 Å². The van der Waals surface area contributed by atoms with Crippen LogP contribution < -0.4 is 10.5 Å². The highest BCUT2D eigenvalue weighted by Crippen LogP contribution is 2.22. The Kier molecular flexibility index (Phi) is 4.40. The van der Waals surface area contributed by atoms with Gasteiger partial charge in [-0.2, -0.15) is 0 Å². The maximum absolute atomic E-state index is 12.5. The van der Waals surface area contributed by atoms with E-state index in [1.54, 1.807) is 19.2 Å². The van der Waals surface area contributed by atoms with E-state index in [-0.39, 0.29) is 5.56 Å². The minimum absolute atomic E-state index is 0.186. The van der Waals surface area contributed by atoms with E-state index in [0.29, 0.717) is 24.5 Å². The van der Waals surface area contributed by atoms with E-state index in [2.05, 4.69) is 4.90 Å². The molecular formula is C18H20N2O4. The Bertz CT molecular complexity index is 835. The SMILES string of the molecule is Cc1cc(N2CCOCC2)ccc1-n1ccc(C)c(C(=O)O)c1=O. The zero-order valence-corrected chi connectivity index (χ0v) is 13.8. The maximum Gasteiger partial charge on any atom is 0.341 e. The third-order valence-electron chi connectivity index (χ3n) is 4.33. The fourth-order valence-electron chi connectivity index (χ4n) is 3.00. The number of rotatable bonds is 3. The average Bonchev–Trinajstić information content (AvgIpc) is 2.56. The number of ether oxygens (including phenoxy) is 1. The number of carboxylic acids is 1. The van der Waals surface area contributed by atoms with Crippen LogP contribution in [0.3, 0.4) is 0 Å². The van der Waals surface area contributed by atoms with Gasteiger partial charge in [0.1, 0.15) is 5.56 Å². The Labute approximate surface area is 139 Å². The number of benzene rings is 1. The highest BCUT2D eigenvalue weighted by Gasteiger charge is 2.17. The average molecular weight is 328 g/mol. The summed E-state index contributed by atoms with van der Waals surface area (Å²) in [6.45, 7) is 6.65. The summed E-state index contributed by atoms with van der Waals surface area (Å²) in [4.78, 5) is 26.1. The molecule has 2 aromatic rings. The number of nitrogens with zero attached hydrogens (tertiary/aromatic N) is 2. The second kappa shape index (κ2) is 6.49. The van der Waals surface area contributed by atoms with Gasteiger partial charge >= 0.3 is 5.97 Å². The monoisotopic (exact) mass is 328 g/mol. The molecule has 0 atom stereocenters. The molecule has 0 radical (unpaired) electrons. The van der Waals surface area contributed by atoms with Crippen LogP contribution in [0.5, 0.6) is 0 Å². The smallest absolute Gasteiger partial charge is 0.341 e. The lowest BCUT2D eigenvalue weighted by atomic mass is 10.1. The Morgan fingerprint density at radius 1 is 1.12 bits per heavy atom. The van der Waals surface area contributed by atoms with Crippen molar-refractivity contribution in [3.8, 4) is 5.69 Å². The van der Waals surface area contributed by atoms with Crippen molar-refractivity contribution in [3.63, 3.8) is 0 Å². The standard InChI is InChI=1S/C18H20N2O4/c1-12-5-6-20(17(21)16(12)18(22)23)15-4-3-14(11-13(15)2)19-7-9-24-10-8-19/h3-6,11H,7-10H2,1-2H3,(H,22,23). The molecule has 1 aliphatic heterocycles. The number of morpholine rings is 1. The van der Waals surface area contributed by atoms with Crippen LogP contribution in [0.15, 0.2) is 35.3 Å². The molecule has 1 N–H and O–H groups in total. The number of carboxylic acid groups (broad SMARTS) is 1. The Morgan fingerprint density at radius 2 is 1.83 bits per heavy atom. The number of aromatic carboxylic acids is 1. The molecule has 126 valence electrons. The van der Waals surface area contributed by atoms with Crippen LogP contribution in [-0.4, -0.2) is 41.9 Å². The largest absolute Gasteiger partial charge is 0.477 e. The highest BCUT2D eigenvalue weighted by atomic mass is 16.5. The van der Waals surface area contributed by atoms with E-state index in [1.165, 1.54) is 4.57 Å². The summed E-state index contributed by atoms with van der Waals surface area (Å²) in [5, 5.41) is 9.27. The second-order valence-corrected chi connectivity index (χ2v) is 5.92. The van der Waals surface area contributed by atoms with Gasteiger partial charge in [-0.15, -0.1) is 0 Å². The predicted molar refractivity (Wildman–Crippen MR) is 91.5 cm³/mol. The molecule has 1 aromatic carbocycles. The third-order valence-corrected chi connectivity index (χ3v) is 4.33. The van der Waals surface area contributed by atoms with Gasteiger partial charge in [0.25, 0.3) is 5.56 Å². The summed E-state index contributed by atoms with van der Waals surface area (Å²) in [5.41, 5.74) is 2.46. The van der Waals surface area contributed by atoms with Crippen molar-refractivity contribution in [2.45, 2.75) is 13.8 Å². The second-order valence-electron chi connectivity index (χ2n) is 5.92. The van der Waals surface area contributed by atoms with Crippen LogP contribution in [0.2, 0.25) is 0 Å². The van der Waals surface area contributed by atoms with Gasteiger partial charge in [-0.25, -0.2) is 4.79 Å². The first-order valence-electron chi connectivity index (χ1n) is 7.88. The highest BCUT2D eigenvalue weighted by molar-refractivity contribution is 5.88. The molecule has 0 bridgehead atoms. The van der Waals surface area contributed by atoms with Crippen molar-refractivity contribution in [1.29, 1.82) is 0 Å². The van der Waals surface area contributed by atoms with E-state index in [1.807, 2.05) is 25.1 Å². The van der Waals surface area contributed by atoms with Crippen molar-refractivity contribution < 1.29 is 14.6 Å². The van der Waals surface area contributed by atoms with Crippen molar-refractivity contribution in [1.82, 2.24) is 4.57 Å². The summed E-state index contributed by atoms with van der Waals surface area (Å²) in [5.74, 6) is -1.20. The Hall–Kier alpha value is -2.60. The number of pyridine rings is 1. The van der Waals surface area contributed by atoms with Crippen LogP contribution in [0, 0.1) is 13.8 Å². The normalized spacial score (nSPS) is 14.7. The molecule has 0 unspecified atom stereocenters. The lowest BCUT2D eigenvalue weighted by Gasteiger charge is -2.29. The molecule has 2 heterocycles. The minimum atomic E-state index is -1.20. The number of hydrogen-bond donors (Lipinski definition) is 1. The van der Waals surface area contributed by atoms with Gasteiger partial charge in [0, 0.05) is 25.0 Å². The van der Waals surface area contributed by atoms with Gasteiger partial charge in [0.2, 0.25) is 0 Å². The van der Waals surface area contributed by atoms with Crippen LogP contribution >= 0.6 is 0 Å². The number of aryl methyl sites for hydroxylation is 2. The molecule has 0 aliphatic carbocycles. The quantitative estimate of drug-likeness (QED) is 0.933. The maximum atomic E-state index is 12.5. The number of carbonyl (C=O) groups is 1. The Balaban J connectivity index is 2.03. The van der Waals surface area contributed by atoms with E-state index in [9.17, 15) is 14.7 Å². The van der Waals surface area contributed by atoms with Crippen molar-refractivity contribution in [2.75, 3.05) is 31.2 Å². The molecule has 1 aliphatic rings. The number of anilines is 1. The molecule has 6 heteroatoms. The number of aromatic nitrogens is 1. The molecular weight excluding hydrogens is 308 g/mol. The van der Waals surface area contributed by atoms with Crippen LogP contribution in [0.25, 0.3) is 5.69 Å². The fraction of sp³-hybridized carbons (Fsp3) is 0.333. The van der Waals surface area contributed by atoms with Gasteiger partial charge in [-0.3, -0.25) is 9.36 Å². The molecule has 1 aromatic heterocycles. The summed E-state index contributed by atoms with van der Waals surface area (Å²) in [7, 11) is 0. The molecule has 1 saturated heterocycles. The lowest BCUT2D eigenvalue weighted by Crippen LogP contribution is -2.36. The van der Waals surface area contributed by atoms with E-state index in [4.69, 9.17) is 4.74 Å². The predicted octanol–water partition coefficient (Wildman–Crippen LogP) is 1.99. The fourth-order valence-corrected chi connectivity index (χ4v) is 3.00. The minimum Gasteiger partial charge on any atom is -0.477 e. The first kappa shape index (κ1) is 16.3.